The fourth-order valence-electron chi connectivity index (χ4n) is 2.46. The topological polar surface area (TPSA) is 67.6 Å². The van der Waals surface area contributed by atoms with E-state index in [-0.39, 0.29) is 5.91 Å². The molecule has 1 fully saturated rings. The zero-order valence-corrected chi connectivity index (χ0v) is 12.0. The molecule has 0 spiro atoms. The van der Waals surface area contributed by atoms with Gasteiger partial charge in [-0.2, -0.15) is 0 Å². The number of anilines is 2. The third-order valence-electron chi connectivity index (χ3n) is 3.61. The average molecular weight is 277 g/mol. The first-order valence-corrected chi connectivity index (χ1v) is 7.15. The van der Waals surface area contributed by atoms with Crippen LogP contribution in [0.15, 0.2) is 18.2 Å². The molecule has 2 rings (SSSR count). The summed E-state index contributed by atoms with van der Waals surface area (Å²) in [4.78, 5) is 14.3. The monoisotopic (exact) mass is 277 g/mol. The predicted octanol–water partition coefficient (Wildman–Crippen LogP) is 2.09. The quantitative estimate of drug-likeness (QED) is 0.781. The minimum Gasteiger partial charge on any atom is -0.497 e. The lowest BCUT2D eigenvalue weighted by Crippen LogP contribution is -2.22. The van der Waals surface area contributed by atoms with Crippen LogP contribution in [0.25, 0.3) is 0 Å². The smallest absolute Gasteiger partial charge is 0.224 e. The summed E-state index contributed by atoms with van der Waals surface area (Å²) in [6.07, 6.45) is 3.99. The number of nitrogen functional groups attached to an aromatic ring is 1. The maximum atomic E-state index is 11.9. The second-order valence-electron chi connectivity index (χ2n) is 5.15. The third kappa shape index (κ3) is 4.13. The number of nitrogens with one attached hydrogen (secondary N) is 1. The molecule has 0 radical (unpaired) electrons. The highest BCUT2D eigenvalue weighted by Gasteiger charge is 2.12. The van der Waals surface area contributed by atoms with Crippen molar-refractivity contribution in [3.05, 3.63) is 18.2 Å². The van der Waals surface area contributed by atoms with Gasteiger partial charge < -0.3 is 20.7 Å². The number of benzene rings is 1. The van der Waals surface area contributed by atoms with Crippen LogP contribution >= 0.6 is 0 Å². The Bertz CT molecular complexity index is 456. The van der Waals surface area contributed by atoms with Crippen LogP contribution in [0.2, 0.25) is 0 Å². The first-order valence-electron chi connectivity index (χ1n) is 7.15. The number of carbonyl (C=O) groups excluding carboxylic acids is 1. The van der Waals surface area contributed by atoms with E-state index in [0.29, 0.717) is 23.5 Å². The highest BCUT2D eigenvalue weighted by Crippen LogP contribution is 2.24. The van der Waals surface area contributed by atoms with E-state index in [1.165, 1.54) is 25.9 Å². The normalized spacial score (nSPS) is 15.2. The van der Waals surface area contributed by atoms with Crippen LogP contribution in [0.1, 0.15) is 25.7 Å². The Morgan fingerprint density at radius 1 is 1.40 bits per heavy atom. The molecule has 1 aromatic rings. The van der Waals surface area contributed by atoms with Gasteiger partial charge in [0.25, 0.3) is 0 Å². The van der Waals surface area contributed by atoms with Gasteiger partial charge in [-0.15, -0.1) is 0 Å². The van der Waals surface area contributed by atoms with Crippen molar-refractivity contribution < 1.29 is 9.53 Å². The molecule has 5 nitrogen and oxygen atoms in total. The molecule has 1 aliphatic heterocycles. The third-order valence-corrected chi connectivity index (χ3v) is 3.61. The van der Waals surface area contributed by atoms with Crippen molar-refractivity contribution in [2.75, 3.05) is 37.8 Å². The van der Waals surface area contributed by atoms with Gasteiger partial charge in [0, 0.05) is 12.5 Å². The minimum atomic E-state index is 0.0149. The van der Waals surface area contributed by atoms with Crippen molar-refractivity contribution in [2.24, 2.45) is 0 Å². The SMILES string of the molecule is COc1ccc(NC(=O)CCCN2CCCC2)c(N)c1. The minimum absolute atomic E-state index is 0.0149. The van der Waals surface area contributed by atoms with Crippen LogP contribution in [0.3, 0.4) is 0 Å². The van der Waals surface area contributed by atoms with E-state index < -0.39 is 0 Å². The molecule has 20 heavy (non-hydrogen) atoms. The summed E-state index contributed by atoms with van der Waals surface area (Å²) in [7, 11) is 1.59. The van der Waals surface area contributed by atoms with Crippen LogP contribution in [0.4, 0.5) is 11.4 Å². The van der Waals surface area contributed by atoms with Crippen LogP contribution < -0.4 is 15.8 Å². The van der Waals surface area contributed by atoms with Crippen molar-refractivity contribution in [1.82, 2.24) is 4.90 Å². The number of amides is 1. The molecule has 0 aromatic heterocycles. The zero-order chi connectivity index (χ0) is 14.4. The standard InChI is InChI=1S/C15H23N3O2/c1-20-12-6-7-14(13(16)11-12)17-15(19)5-4-10-18-8-2-3-9-18/h6-7,11H,2-5,8-10,16H2,1H3,(H,17,19). The van der Waals surface area contributed by atoms with Gasteiger partial charge in [0.15, 0.2) is 0 Å². The number of ether oxygens (including phenoxy) is 1. The number of hydrogen-bond donors (Lipinski definition) is 2. The van der Waals surface area contributed by atoms with Crippen molar-refractivity contribution in [2.45, 2.75) is 25.7 Å². The maximum absolute atomic E-state index is 11.9. The van der Waals surface area contributed by atoms with Gasteiger partial charge in [-0.05, 0) is 51.0 Å². The fourth-order valence-corrected chi connectivity index (χ4v) is 2.46. The van der Waals surface area contributed by atoms with E-state index in [0.717, 1.165) is 13.0 Å². The van der Waals surface area contributed by atoms with Crippen LogP contribution in [0.5, 0.6) is 5.75 Å². The molecule has 1 saturated heterocycles. The van der Waals surface area contributed by atoms with Crippen molar-refractivity contribution in [1.29, 1.82) is 0 Å². The summed E-state index contributed by atoms with van der Waals surface area (Å²) in [5.74, 6) is 0.704. The molecule has 0 atom stereocenters. The predicted molar refractivity (Wildman–Crippen MR) is 80.9 cm³/mol. The second kappa shape index (κ2) is 7.14. The van der Waals surface area contributed by atoms with Crippen molar-refractivity contribution in [3.63, 3.8) is 0 Å². The molecule has 1 aliphatic rings. The fraction of sp³-hybridized carbons (Fsp3) is 0.533. The van der Waals surface area contributed by atoms with Gasteiger partial charge >= 0.3 is 0 Å². The summed E-state index contributed by atoms with van der Waals surface area (Å²) in [6.45, 7) is 3.35. The highest BCUT2D eigenvalue weighted by atomic mass is 16.5. The summed E-state index contributed by atoms with van der Waals surface area (Å²) < 4.78 is 5.08. The van der Waals surface area contributed by atoms with Gasteiger partial charge in [-0.3, -0.25) is 4.79 Å². The first kappa shape index (κ1) is 14.7. The molecule has 3 N–H and O–H groups in total. The van der Waals surface area contributed by atoms with Gasteiger partial charge in [-0.25, -0.2) is 0 Å². The van der Waals surface area contributed by atoms with Gasteiger partial charge in [-0.1, -0.05) is 0 Å². The molecule has 0 saturated carbocycles. The van der Waals surface area contributed by atoms with E-state index in [9.17, 15) is 4.79 Å². The number of carbonyl (C=O) groups is 1. The molecule has 1 heterocycles. The summed E-state index contributed by atoms with van der Waals surface area (Å²) in [6, 6.07) is 5.27. The van der Waals surface area contributed by atoms with Gasteiger partial charge in [0.2, 0.25) is 5.91 Å². The maximum Gasteiger partial charge on any atom is 0.224 e. The lowest BCUT2D eigenvalue weighted by Gasteiger charge is -2.14. The lowest BCUT2D eigenvalue weighted by atomic mass is 10.2. The van der Waals surface area contributed by atoms with Crippen LogP contribution in [0, 0.1) is 0 Å². The Labute approximate surface area is 120 Å². The summed E-state index contributed by atoms with van der Waals surface area (Å²) >= 11 is 0. The number of nitrogens with zero attached hydrogens (tertiary/aromatic N) is 1. The summed E-state index contributed by atoms with van der Waals surface area (Å²) in [5, 5.41) is 2.85. The van der Waals surface area contributed by atoms with Crippen LogP contribution in [-0.4, -0.2) is 37.6 Å². The molecular formula is C15H23N3O2. The lowest BCUT2D eigenvalue weighted by molar-refractivity contribution is -0.116. The number of likely N-dealkylation sites (tertiary alicyclic amines) is 1. The Kier molecular flexibility index (Phi) is 5.24. The first-order chi connectivity index (χ1) is 9.69. The number of hydrogen-bond acceptors (Lipinski definition) is 4. The summed E-state index contributed by atoms with van der Waals surface area (Å²) in [5.41, 5.74) is 7.05. The molecule has 1 amide bonds. The number of rotatable bonds is 6. The van der Waals surface area contributed by atoms with Crippen molar-refractivity contribution in [3.8, 4) is 5.75 Å². The van der Waals surface area contributed by atoms with E-state index in [2.05, 4.69) is 10.2 Å². The van der Waals surface area contributed by atoms with Crippen LogP contribution in [-0.2, 0) is 4.79 Å². The van der Waals surface area contributed by atoms with Crippen molar-refractivity contribution >= 4 is 17.3 Å². The van der Waals surface area contributed by atoms with E-state index in [4.69, 9.17) is 10.5 Å². The molecule has 5 heteroatoms. The Morgan fingerprint density at radius 2 is 2.15 bits per heavy atom. The number of nitrogens with two attached hydrogens (primary N) is 1. The molecule has 0 aliphatic carbocycles. The molecule has 0 bridgehead atoms. The molecule has 0 unspecified atom stereocenters. The Balaban J connectivity index is 1.76. The van der Waals surface area contributed by atoms with E-state index >= 15 is 0 Å². The Morgan fingerprint density at radius 3 is 2.80 bits per heavy atom. The molecular weight excluding hydrogens is 254 g/mol. The largest absolute Gasteiger partial charge is 0.497 e. The van der Waals surface area contributed by atoms with Gasteiger partial charge in [0.05, 0.1) is 18.5 Å². The average Bonchev–Trinajstić information content (AvgIpc) is 2.94. The molecule has 110 valence electrons. The molecule has 1 aromatic carbocycles. The second-order valence-corrected chi connectivity index (χ2v) is 5.15. The zero-order valence-electron chi connectivity index (χ0n) is 12.0. The Hall–Kier alpha value is -1.75. The number of methoxy groups -OCH3 is 1. The highest BCUT2D eigenvalue weighted by molar-refractivity contribution is 5.93. The van der Waals surface area contributed by atoms with Gasteiger partial charge in [0.1, 0.15) is 5.75 Å². The van der Waals surface area contributed by atoms with E-state index in [1.807, 2.05) is 0 Å². The van der Waals surface area contributed by atoms with E-state index in [1.54, 1.807) is 25.3 Å².